The van der Waals surface area contributed by atoms with Gasteiger partial charge in [-0.25, -0.2) is 0 Å². The number of benzene rings is 1. The minimum Gasteiger partial charge on any atom is -0.488 e. The number of nitrogens with zero attached hydrogens (tertiary/aromatic N) is 1. The zero-order chi connectivity index (χ0) is 18.5. The molecule has 1 aliphatic heterocycles. The Bertz CT molecular complexity index is 797. The second kappa shape index (κ2) is 8.16. The van der Waals surface area contributed by atoms with Crippen LogP contribution in [0.25, 0.3) is 0 Å². The van der Waals surface area contributed by atoms with Crippen LogP contribution in [-0.4, -0.2) is 42.2 Å². The third-order valence-electron chi connectivity index (χ3n) is 4.00. The maximum absolute atomic E-state index is 12.4. The van der Waals surface area contributed by atoms with E-state index in [1.807, 2.05) is 0 Å². The maximum Gasteiger partial charge on any atom is 0.253 e. The minimum atomic E-state index is -0.497. The number of carbonyl (C=O) groups is 2. The second-order valence-electron chi connectivity index (χ2n) is 5.88. The molecule has 2 atom stereocenters. The standard InChI is InChI=1S/C18H18ClN3O4/c19-13-7-12(8-21-9-13)18(24)22-15-10-25-6-5-16(15)26-14-3-1-11(2-4-14)17(20)23/h1-4,7-9,15-16H,5-6,10H2,(H2,20,23)(H,22,24)/t15-,16-/m1/s1. The third kappa shape index (κ3) is 4.50. The monoisotopic (exact) mass is 375 g/mol. The van der Waals surface area contributed by atoms with Gasteiger partial charge in [-0.05, 0) is 30.3 Å². The summed E-state index contributed by atoms with van der Waals surface area (Å²) in [5.74, 6) is -0.207. The van der Waals surface area contributed by atoms with Gasteiger partial charge in [-0.15, -0.1) is 0 Å². The number of hydrogen-bond acceptors (Lipinski definition) is 5. The van der Waals surface area contributed by atoms with Crippen LogP contribution >= 0.6 is 11.6 Å². The first kappa shape index (κ1) is 18.2. The number of nitrogens with two attached hydrogens (primary N) is 1. The molecular weight excluding hydrogens is 358 g/mol. The molecule has 1 aliphatic rings. The number of ether oxygens (including phenoxy) is 2. The molecule has 3 rings (SSSR count). The van der Waals surface area contributed by atoms with E-state index in [9.17, 15) is 9.59 Å². The van der Waals surface area contributed by atoms with E-state index in [1.54, 1.807) is 30.3 Å². The molecule has 8 heteroatoms. The Morgan fingerprint density at radius 1 is 1.23 bits per heavy atom. The molecule has 1 fully saturated rings. The Hall–Kier alpha value is -2.64. The molecule has 1 aromatic carbocycles. The molecule has 7 nitrogen and oxygen atoms in total. The van der Waals surface area contributed by atoms with Gasteiger partial charge in [0.05, 0.1) is 29.8 Å². The summed E-state index contributed by atoms with van der Waals surface area (Å²) in [6, 6.07) is 7.77. The molecule has 0 saturated carbocycles. The van der Waals surface area contributed by atoms with Gasteiger partial charge in [-0.1, -0.05) is 11.6 Å². The van der Waals surface area contributed by atoms with Crippen molar-refractivity contribution in [2.75, 3.05) is 13.2 Å². The molecule has 0 bridgehead atoms. The first-order chi connectivity index (χ1) is 12.5. The lowest BCUT2D eigenvalue weighted by Gasteiger charge is -2.32. The van der Waals surface area contributed by atoms with Crippen LogP contribution in [0.2, 0.25) is 5.02 Å². The van der Waals surface area contributed by atoms with Gasteiger partial charge in [0.25, 0.3) is 5.91 Å². The van der Waals surface area contributed by atoms with Gasteiger partial charge < -0.3 is 20.5 Å². The molecule has 3 N–H and O–H groups in total. The van der Waals surface area contributed by atoms with Gasteiger partial charge in [-0.3, -0.25) is 14.6 Å². The number of hydrogen-bond donors (Lipinski definition) is 2. The number of halogens is 1. The van der Waals surface area contributed by atoms with Gasteiger partial charge >= 0.3 is 0 Å². The molecule has 26 heavy (non-hydrogen) atoms. The number of pyridine rings is 1. The Morgan fingerprint density at radius 3 is 2.69 bits per heavy atom. The van der Waals surface area contributed by atoms with Crippen molar-refractivity contribution >= 4 is 23.4 Å². The van der Waals surface area contributed by atoms with Crippen LogP contribution in [-0.2, 0) is 4.74 Å². The lowest BCUT2D eigenvalue weighted by atomic mass is 10.1. The highest BCUT2D eigenvalue weighted by Crippen LogP contribution is 2.19. The number of aromatic nitrogens is 1. The molecule has 0 aliphatic carbocycles. The van der Waals surface area contributed by atoms with Crippen molar-refractivity contribution < 1.29 is 19.1 Å². The fourth-order valence-corrected chi connectivity index (χ4v) is 2.83. The van der Waals surface area contributed by atoms with Crippen molar-refractivity contribution in [1.29, 1.82) is 0 Å². The summed E-state index contributed by atoms with van der Waals surface area (Å²) < 4.78 is 11.4. The first-order valence-electron chi connectivity index (χ1n) is 8.08. The van der Waals surface area contributed by atoms with E-state index in [0.29, 0.717) is 41.5 Å². The lowest BCUT2D eigenvalue weighted by molar-refractivity contribution is -0.00289. The lowest BCUT2D eigenvalue weighted by Crippen LogP contribution is -2.51. The summed E-state index contributed by atoms with van der Waals surface area (Å²) in [6.07, 6.45) is 3.27. The zero-order valence-corrected chi connectivity index (χ0v) is 14.6. The van der Waals surface area contributed by atoms with Gasteiger partial charge in [0.2, 0.25) is 5.91 Å². The van der Waals surface area contributed by atoms with Gasteiger partial charge in [0.15, 0.2) is 0 Å². The molecule has 0 spiro atoms. The van der Waals surface area contributed by atoms with Crippen LogP contribution in [0, 0.1) is 0 Å². The fourth-order valence-electron chi connectivity index (χ4n) is 2.65. The first-order valence-corrected chi connectivity index (χ1v) is 8.46. The van der Waals surface area contributed by atoms with E-state index >= 15 is 0 Å². The Kier molecular flexibility index (Phi) is 5.70. The van der Waals surface area contributed by atoms with Crippen molar-refractivity contribution in [2.24, 2.45) is 5.73 Å². The van der Waals surface area contributed by atoms with Crippen LogP contribution in [0.1, 0.15) is 27.1 Å². The molecular formula is C18H18ClN3O4. The normalized spacial score (nSPS) is 19.6. The zero-order valence-electron chi connectivity index (χ0n) is 13.9. The van der Waals surface area contributed by atoms with Crippen molar-refractivity contribution in [3.63, 3.8) is 0 Å². The number of amides is 2. The van der Waals surface area contributed by atoms with E-state index in [2.05, 4.69) is 10.3 Å². The predicted molar refractivity (Wildman–Crippen MR) is 95.3 cm³/mol. The highest BCUT2D eigenvalue weighted by Gasteiger charge is 2.29. The molecule has 2 aromatic rings. The average Bonchev–Trinajstić information content (AvgIpc) is 2.64. The molecule has 1 aromatic heterocycles. The van der Waals surface area contributed by atoms with Crippen LogP contribution < -0.4 is 15.8 Å². The molecule has 2 heterocycles. The summed E-state index contributed by atoms with van der Waals surface area (Å²) >= 11 is 5.88. The maximum atomic E-state index is 12.4. The molecule has 1 saturated heterocycles. The van der Waals surface area contributed by atoms with Crippen LogP contribution in [0.3, 0.4) is 0 Å². The number of nitrogens with one attached hydrogen (secondary N) is 1. The summed E-state index contributed by atoms with van der Waals surface area (Å²) in [4.78, 5) is 27.5. The Labute approximate surface area is 155 Å². The highest BCUT2D eigenvalue weighted by molar-refractivity contribution is 6.30. The van der Waals surface area contributed by atoms with Crippen LogP contribution in [0.15, 0.2) is 42.7 Å². The van der Waals surface area contributed by atoms with Crippen molar-refractivity contribution in [2.45, 2.75) is 18.6 Å². The molecule has 2 amide bonds. The largest absolute Gasteiger partial charge is 0.488 e. The van der Waals surface area contributed by atoms with Crippen molar-refractivity contribution in [3.05, 3.63) is 58.9 Å². The summed E-state index contributed by atoms with van der Waals surface area (Å²) in [5, 5.41) is 3.29. The minimum absolute atomic E-state index is 0.265. The van der Waals surface area contributed by atoms with Crippen molar-refractivity contribution in [1.82, 2.24) is 10.3 Å². The SMILES string of the molecule is NC(=O)c1ccc(O[C@@H]2CCOC[C@H]2NC(=O)c2cncc(Cl)c2)cc1. The second-order valence-corrected chi connectivity index (χ2v) is 6.32. The molecule has 0 unspecified atom stereocenters. The Morgan fingerprint density at radius 2 is 2.00 bits per heavy atom. The van der Waals surface area contributed by atoms with Gasteiger partial charge in [0.1, 0.15) is 11.9 Å². The average molecular weight is 376 g/mol. The smallest absolute Gasteiger partial charge is 0.253 e. The fraction of sp³-hybridized carbons (Fsp3) is 0.278. The topological polar surface area (TPSA) is 104 Å². The quantitative estimate of drug-likeness (QED) is 0.829. The number of carbonyl (C=O) groups excluding carboxylic acids is 2. The molecule has 136 valence electrons. The van der Waals surface area contributed by atoms with Crippen LogP contribution in [0.4, 0.5) is 0 Å². The summed E-state index contributed by atoms with van der Waals surface area (Å²) in [5.41, 5.74) is 6.01. The Balaban J connectivity index is 1.67. The van der Waals surface area contributed by atoms with E-state index in [-0.39, 0.29) is 18.1 Å². The van der Waals surface area contributed by atoms with E-state index in [1.165, 1.54) is 12.4 Å². The van der Waals surface area contributed by atoms with Gasteiger partial charge in [0, 0.05) is 24.4 Å². The van der Waals surface area contributed by atoms with Crippen molar-refractivity contribution in [3.8, 4) is 5.75 Å². The summed E-state index contributed by atoms with van der Waals surface area (Å²) in [6.45, 7) is 0.874. The summed E-state index contributed by atoms with van der Waals surface area (Å²) in [7, 11) is 0. The van der Waals surface area contributed by atoms with E-state index < -0.39 is 5.91 Å². The van der Waals surface area contributed by atoms with Gasteiger partial charge in [-0.2, -0.15) is 0 Å². The highest BCUT2D eigenvalue weighted by atomic mass is 35.5. The third-order valence-corrected chi connectivity index (χ3v) is 4.21. The predicted octanol–water partition coefficient (Wildman–Crippen LogP) is 1.80. The number of rotatable bonds is 5. The van der Waals surface area contributed by atoms with Crippen LogP contribution in [0.5, 0.6) is 5.75 Å². The van der Waals surface area contributed by atoms with E-state index in [0.717, 1.165) is 0 Å². The molecule has 0 radical (unpaired) electrons. The van der Waals surface area contributed by atoms with E-state index in [4.69, 9.17) is 26.8 Å². The number of primary amides is 1.